The Bertz CT molecular complexity index is 1070. The molecule has 0 aromatic heterocycles. The molecular formula is C27H35NO4S. The van der Waals surface area contributed by atoms with Gasteiger partial charge in [0.15, 0.2) is 21.6 Å². The van der Waals surface area contributed by atoms with Gasteiger partial charge in [-0.2, -0.15) is 0 Å². The topological polar surface area (TPSA) is 77.4 Å². The van der Waals surface area contributed by atoms with Crippen LogP contribution in [-0.2, 0) is 10.1 Å². The van der Waals surface area contributed by atoms with Gasteiger partial charge in [-0.1, -0.05) is 74.5 Å². The van der Waals surface area contributed by atoms with Crippen LogP contribution in [0.1, 0.15) is 63.6 Å². The van der Waals surface area contributed by atoms with Gasteiger partial charge in [-0.25, -0.2) is 8.42 Å². The molecule has 1 heterocycles. The second-order valence-corrected chi connectivity index (χ2v) is 12.6. The number of nitrogens with zero attached hydrogens (tertiary/aromatic N) is 1. The van der Waals surface area contributed by atoms with Crippen LogP contribution in [0.5, 0.6) is 0 Å². The molecule has 2 unspecified atom stereocenters. The molecule has 2 aromatic rings. The lowest BCUT2D eigenvalue weighted by Gasteiger charge is -2.66. The molecule has 1 N–H and O–H groups in total. The number of aliphatic hydroxyl groups is 1. The average Bonchev–Trinajstić information content (AvgIpc) is 3.18. The molecular weight excluding hydrogens is 434 g/mol. The van der Waals surface area contributed by atoms with Crippen molar-refractivity contribution in [3.8, 4) is 0 Å². The van der Waals surface area contributed by atoms with Gasteiger partial charge in [0, 0.05) is 16.5 Å². The number of hydrogen-bond donors (Lipinski definition) is 1. The molecule has 5 nitrogen and oxygen atoms in total. The van der Waals surface area contributed by atoms with Gasteiger partial charge in [0.05, 0.1) is 0 Å². The lowest BCUT2D eigenvalue weighted by molar-refractivity contribution is -1.03. The molecule has 0 radical (unpaired) electrons. The summed E-state index contributed by atoms with van der Waals surface area (Å²) < 4.78 is 40.3. The third kappa shape index (κ3) is 3.10. The molecule has 1 saturated heterocycles. The van der Waals surface area contributed by atoms with Crippen molar-refractivity contribution >= 4 is 10.1 Å². The average molecular weight is 470 g/mol. The highest BCUT2D eigenvalue weighted by atomic mass is 32.2. The van der Waals surface area contributed by atoms with Gasteiger partial charge in [0.25, 0.3) is 0 Å². The van der Waals surface area contributed by atoms with E-state index in [0.29, 0.717) is 5.92 Å². The Labute approximate surface area is 197 Å². The van der Waals surface area contributed by atoms with Crippen LogP contribution in [0.25, 0.3) is 0 Å². The van der Waals surface area contributed by atoms with Crippen molar-refractivity contribution in [2.75, 3.05) is 6.54 Å². The molecule has 2 aliphatic carbocycles. The highest BCUT2D eigenvalue weighted by Crippen LogP contribution is 2.71. The van der Waals surface area contributed by atoms with Gasteiger partial charge in [-0.05, 0) is 43.9 Å². The minimum atomic E-state index is -4.69. The van der Waals surface area contributed by atoms with Crippen molar-refractivity contribution in [2.45, 2.75) is 70.0 Å². The maximum atomic E-state index is 13.4. The van der Waals surface area contributed by atoms with Crippen molar-refractivity contribution < 1.29 is 22.6 Å². The fraction of sp³-hybridized carbons (Fsp3) is 0.556. The van der Waals surface area contributed by atoms with E-state index in [-0.39, 0.29) is 28.5 Å². The minimum absolute atomic E-state index is 0.0805. The Hall–Kier alpha value is -1.73. The Morgan fingerprint density at radius 3 is 1.79 bits per heavy atom. The number of fused-ring (bicyclic) bond motifs is 2. The van der Waals surface area contributed by atoms with Crippen molar-refractivity contribution in [3.63, 3.8) is 0 Å². The highest BCUT2D eigenvalue weighted by Gasteiger charge is 2.74. The van der Waals surface area contributed by atoms with Gasteiger partial charge in [-0.15, -0.1) is 0 Å². The van der Waals surface area contributed by atoms with Crippen LogP contribution in [0.4, 0.5) is 0 Å². The van der Waals surface area contributed by atoms with Gasteiger partial charge >= 0.3 is 0 Å². The van der Waals surface area contributed by atoms with Crippen molar-refractivity contribution in [3.05, 3.63) is 71.8 Å². The molecule has 33 heavy (non-hydrogen) atoms. The molecule has 4 atom stereocenters. The van der Waals surface area contributed by atoms with E-state index in [1.165, 1.54) is 0 Å². The third-order valence-corrected chi connectivity index (χ3v) is 11.3. The predicted molar refractivity (Wildman–Crippen MR) is 127 cm³/mol. The number of likely N-dealkylation sites (tertiary alicyclic amines) is 1. The maximum Gasteiger partial charge on any atom is 0.186 e. The first-order valence-corrected chi connectivity index (χ1v) is 13.6. The maximum absolute atomic E-state index is 13.4. The Morgan fingerprint density at radius 1 is 0.970 bits per heavy atom. The first kappa shape index (κ1) is 23.0. The summed E-state index contributed by atoms with van der Waals surface area (Å²) in [5.41, 5.74) is 1.14. The molecule has 178 valence electrons. The summed E-state index contributed by atoms with van der Waals surface area (Å²) in [4.78, 5) is 0. The number of quaternary nitrogens is 1. The zero-order valence-corrected chi connectivity index (χ0v) is 20.5. The van der Waals surface area contributed by atoms with E-state index in [1.54, 1.807) is 0 Å². The van der Waals surface area contributed by atoms with Crippen LogP contribution >= 0.6 is 0 Å². The van der Waals surface area contributed by atoms with Crippen LogP contribution in [0, 0.1) is 16.7 Å². The standard InChI is InChI=1S/C27H35NO4S/c1-19-23(29)18-28(19,24(20-10-6-4-7-11-20)21-12-8-5-9-13-21)25(33(30,31)32)27-16-14-22(15-17-27)26(27,2)3/h4-13,19,22-25,29H,14-18H2,1-3H3/t19-,22?,23+,25?,27?,28?/m0/s1. The zero-order valence-electron chi connectivity index (χ0n) is 19.7. The summed E-state index contributed by atoms with van der Waals surface area (Å²) in [7, 11) is -4.69. The van der Waals surface area contributed by atoms with Crippen LogP contribution in [-0.4, -0.2) is 46.6 Å². The summed E-state index contributed by atoms with van der Waals surface area (Å²) >= 11 is 0. The van der Waals surface area contributed by atoms with Gasteiger partial charge in [0.1, 0.15) is 18.6 Å². The summed E-state index contributed by atoms with van der Waals surface area (Å²) in [5, 5.41) is 9.74. The molecule has 3 fully saturated rings. The molecule has 3 aliphatic rings. The number of benzene rings is 2. The minimum Gasteiger partial charge on any atom is -0.743 e. The number of aliphatic hydroxyl groups excluding tert-OH is 1. The van der Waals surface area contributed by atoms with Crippen molar-refractivity contribution in [2.24, 2.45) is 16.7 Å². The van der Waals surface area contributed by atoms with Crippen LogP contribution in [0.15, 0.2) is 60.7 Å². The summed E-state index contributed by atoms with van der Waals surface area (Å²) in [6, 6.07) is 19.2. The van der Waals surface area contributed by atoms with E-state index in [2.05, 4.69) is 13.8 Å². The Kier molecular flexibility index (Phi) is 5.33. The molecule has 5 rings (SSSR count). The van der Waals surface area contributed by atoms with E-state index in [0.717, 1.165) is 36.8 Å². The Balaban J connectivity index is 1.79. The quantitative estimate of drug-likeness (QED) is 0.501. The van der Waals surface area contributed by atoms with E-state index >= 15 is 0 Å². The largest absolute Gasteiger partial charge is 0.743 e. The fourth-order valence-electron chi connectivity index (χ4n) is 8.08. The van der Waals surface area contributed by atoms with Crippen molar-refractivity contribution in [1.82, 2.24) is 0 Å². The lowest BCUT2D eigenvalue weighted by Crippen LogP contribution is -2.81. The summed E-state index contributed by atoms with van der Waals surface area (Å²) in [6.07, 6.45) is 2.82. The summed E-state index contributed by atoms with van der Waals surface area (Å²) in [5.74, 6) is 0.440. The SMILES string of the molecule is C[C@H]1[C@H](O)C[N+]1(C(c1ccccc1)c1ccccc1)C(C12CCC(CC1)C2(C)C)S(=O)(=O)[O-]. The van der Waals surface area contributed by atoms with E-state index in [4.69, 9.17) is 0 Å². The van der Waals surface area contributed by atoms with E-state index in [9.17, 15) is 18.1 Å². The molecule has 2 saturated carbocycles. The normalized spacial score (nSPS) is 36.0. The van der Waals surface area contributed by atoms with Gasteiger partial charge < -0.3 is 9.66 Å². The smallest absolute Gasteiger partial charge is 0.186 e. The first-order chi connectivity index (χ1) is 15.6. The number of rotatable bonds is 6. The molecule has 1 aliphatic heterocycles. The fourth-order valence-corrected chi connectivity index (χ4v) is 10.0. The second-order valence-electron chi connectivity index (χ2n) is 11.2. The van der Waals surface area contributed by atoms with Gasteiger partial charge in [0.2, 0.25) is 0 Å². The predicted octanol–water partition coefficient (Wildman–Crippen LogP) is 4.44. The molecule has 6 heteroatoms. The third-order valence-electron chi connectivity index (χ3n) is 9.89. The van der Waals surface area contributed by atoms with Crippen molar-refractivity contribution in [1.29, 1.82) is 0 Å². The van der Waals surface area contributed by atoms with E-state index < -0.39 is 27.0 Å². The molecule has 0 amide bonds. The highest BCUT2D eigenvalue weighted by molar-refractivity contribution is 7.86. The second kappa shape index (κ2) is 7.64. The van der Waals surface area contributed by atoms with Crippen LogP contribution in [0.3, 0.4) is 0 Å². The molecule has 2 bridgehead atoms. The Morgan fingerprint density at radius 2 is 1.45 bits per heavy atom. The zero-order chi connectivity index (χ0) is 23.6. The molecule has 2 aromatic carbocycles. The monoisotopic (exact) mass is 469 g/mol. The van der Waals surface area contributed by atoms with Crippen LogP contribution < -0.4 is 0 Å². The lowest BCUT2D eigenvalue weighted by atomic mass is 9.66. The summed E-state index contributed by atoms with van der Waals surface area (Å²) in [6.45, 7) is 6.54. The number of hydrogen-bond acceptors (Lipinski definition) is 4. The van der Waals surface area contributed by atoms with Gasteiger partial charge in [-0.3, -0.25) is 4.48 Å². The van der Waals surface area contributed by atoms with E-state index in [1.807, 2.05) is 67.6 Å². The van der Waals surface area contributed by atoms with Crippen LogP contribution in [0.2, 0.25) is 0 Å². The first-order valence-electron chi connectivity index (χ1n) is 12.2. The molecule has 0 spiro atoms.